The second kappa shape index (κ2) is 19.1. The van der Waals surface area contributed by atoms with Gasteiger partial charge in [0.05, 0.1) is 42.0 Å². The summed E-state index contributed by atoms with van der Waals surface area (Å²) in [4.78, 5) is 35.9. The lowest BCUT2D eigenvalue weighted by molar-refractivity contribution is -0.156. The lowest BCUT2D eigenvalue weighted by Crippen LogP contribution is -2.29. The highest BCUT2D eigenvalue weighted by molar-refractivity contribution is 14.1. The molecule has 2 aromatic heterocycles. The quantitative estimate of drug-likeness (QED) is 0.0930. The van der Waals surface area contributed by atoms with Crippen LogP contribution in [0.25, 0.3) is 0 Å². The van der Waals surface area contributed by atoms with E-state index in [1.165, 1.54) is 18.5 Å². The summed E-state index contributed by atoms with van der Waals surface area (Å²) in [5.74, 6) is 2.53. The molecule has 304 valence electrons. The summed E-state index contributed by atoms with van der Waals surface area (Å²) in [5, 5.41) is 27.1. The van der Waals surface area contributed by atoms with Crippen molar-refractivity contribution in [1.29, 1.82) is 0 Å². The van der Waals surface area contributed by atoms with Gasteiger partial charge in [-0.2, -0.15) is 0 Å². The van der Waals surface area contributed by atoms with Gasteiger partial charge in [-0.3, -0.25) is 9.59 Å². The fourth-order valence-electron chi connectivity index (χ4n) is 7.99. The maximum atomic E-state index is 12.4. The molecule has 3 saturated carbocycles. The van der Waals surface area contributed by atoms with E-state index in [-0.39, 0.29) is 49.6 Å². The molecular weight excluding hydrogens is 799 g/mol. The number of nitrogens with zero attached hydrogens (tertiary/aromatic N) is 6. The molecule has 3 aliphatic rings. The molecule has 0 saturated heterocycles. The minimum Gasteiger partial charge on any atom is -0.460 e. The zero-order valence-electron chi connectivity index (χ0n) is 34.5. The van der Waals surface area contributed by atoms with Crippen LogP contribution in [-0.4, -0.2) is 71.1 Å². The summed E-state index contributed by atoms with van der Waals surface area (Å²) in [6.45, 7) is 20.2. The number of rotatable bonds is 17. The van der Waals surface area contributed by atoms with Gasteiger partial charge >= 0.3 is 11.9 Å². The number of esters is 2. The van der Waals surface area contributed by atoms with E-state index in [1.54, 1.807) is 0 Å². The predicted molar refractivity (Wildman–Crippen MR) is 216 cm³/mol. The van der Waals surface area contributed by atoms with Crippen LogP contribution >= 0.6 is 22.6 Å². The van der Waals surface area contributed by atoms with Crippen LogP contribution in [-0.2, 0) is 23.9 Å². The molecule has 0 amide bonds. The Morgan fingerprint density at radius 3 is 1.70 bits per heavy atom. The summed E-state index contributed by atoms with van der Waals surface area (Å²) >= 11 is 2.28. The van der Waals surface area contributed by atoms with Gasteiger partial charge in [-0.05, 0) is 146 Å². The third-order valence-corrected chi connectivity index (χ3v) is 11.5. The summed E-state index contributed by atoms with van der Waals surface area (Å²) in [5.41, 5.74) is 1.77. The minimum absolute atomic E-state index is 0.0102. The molecule has 0 aromatic carbocycles. The molecule has 0 spiro atoms. The smallest absolute Gasteiger partial charge is 0.306 e. The number of carbonyl (C=O) groups excluding carboxylic acids is 3. The molecule has 54 heavy (non-hydrogen) atoms. The fraction of sp³-hybridized carbons (Fsp3) is 0.829. The van der Waals surface area contributed by atoms with Crippen molar-refractivity contribution in [2.45, 2.75) is 187 Å². The van der Waals surface area contributed by atoms with Crippen molar-refractivity contribution in [3.8, 4) is 0 Å². The fourth-order valence-corrected chi connectivity index (χ4v) is 9.03. The first-order valence-electron chi connectivity index (χ1n) is 20.3. The number of ether oxygens (including phenoxy) is 2. The highest BCUT2D eigenvalue weighted by Crippen LogP contribution is 2.48. The highest BCUT2D eigenvalue weighted by atomic mass is 127. The molecular formula is C41H67IN6O6. The molecule has 2 unspecified atom stereocenters. The SMILES string of the molecule is CC(C)CC1CC(n2nnc(C(CC=O)CC(=O)OC(C)(C)C)c2C2CC2)C1.CC(C)CC1CC(n2nnc(C(CCO)CC(=O)OC(C)(C)C)c2I)C1. The van der Waals surface area contributed by atoms with Crippen LogP contribution in [0.2, 0.25) is 0 Å². The second-order valence-electron chi connectivity index (χ2n) is 18.9. The average molecular weight is 867 g/mol. The van der Waals surface area contributed by atoms with Gasteiger partial charge in [0.2, 0.25) is 0 Å². The number of aldehydes is 1. The Labute approximate surface area is 336 Å². The van der Waals surface area contributed by atoms with Crippen molar-refractivity contribution in [1.82, 2.24) is 30.0 Å². The largest absolute Gasteiger partial charge is 0.460 e. The maximum Gasteiger partial charge on any atom is 0.306 e. The second-order valence-corrected chi connectivity index (χ2v) is 19.9. The van der Waals surface area contributed by atoms with E-state index < -0.39 is 11.2 Å². The topological polar surface area (TPSA) is 151 Å². The van der Waals surface area contributed by atoms with Crippen molar-refractivity contribution >= 4 is 40.8 Å². The van der Waals surface area contributed by atoms with Crippen molar-refractivity contribution < 1.29 is 29.0 Å². The molecule has 12 nitrogen and oxygen atoms in total. The Hall–Kier alpha value is -2.42. The van der Waals surface area contributed by atoms with E-state index in [0.29, 0.717) is 24.4 Å². The van der Waals surface area contributed by atoms with E-state index in [9.17, 15) is 19.5 Å². The summed E-state index contributed by atoms with van der Waals surface area (Å²) < 4.78 is 16.0. The van der Waals surface area contributed by atoms with Crippen molar-refractivity contribution in [2.75, 3.05) is 6.61 Å². The monoisotopic (exact) mass is 866 g/mol. The van der Waals surface area contributed by atoms with Crippen LogP contribution in [0.15, 0.2) is 0 Å². The zero-order chi connectivity index (χ0) is 40.0. The van der Waals surface area contributed by atoms with Crippen LogP contribution in [0.1, 0.15) is 193 Å². The number of aliphatic hydroxyl groups is 1. The van der Waals surface area contributed by atoms with Crippen LogP contribution in [0, 0.1) is 27.4 Å². The predicted octanol–water partition coefficient (Wildman–Crippen LogP) is 8.63. The third kappa shape index (κ3) is 13.1. The van der Waals surface area contributed by atoms with Gasteiger partial charge in [0.15, 0.2) is 0 Å². The zero-order valence-corrected chi connectivity index (χ0v) is 36.7. The lowest BCUT2D eigenvalue weighted by atomic mass is 9.75. The molecule has 0 bridgehead atoms. The molecule has 3 aliphatic carbocycles. The molecule has 2 heterocycles. The van der Waals surface area contributed by atoms with E-state index >= 15 is 0 Å². The maximum absolute atomic E-state index is 12.4. The van der Waals surface area contributed by atoms with Crippen molar-refractivity contribution in [3.05, 3.63) is 20.8 Å². The molecule has 13 heteroatoms. The van der Waals surface area contributed by atoms with E-state index in [1.807, 2.05) is 46.2 Å². The van der Waals surface area contributed by atoms with Crippen molar-refractivity contribution in [2.24, 2.45) is 23.7 Å². The molecule has 2 atom stereocenters. The Balaban J connectivity index is 0.000000241. The van der Waals surface area contributed by atoms with Gasteiger partial charge in [0, 0.05) is 30.8 Å². The van der Waals surface area contributed by atoms with E-state index in [4.69, 9.17) is 9.47 Å². The van der Waals surface area contributed by atoms with Gasteiger partial charge in [0.25, 0.3) is 0 Å². The molecule has 2 aromatic rings. The normalized spacial score (nSPS) is 22.5. The third-order valence-electron chi connectivity index (χ3n) is 10.4. The average Bonchev–Trinajstić information content (AvgIpc) is 3.63. The van der Waals surface area contributed by atoms with Crippen LogP contribution < -0.4 is 0 Å². The standard InChI is InChI=1S/C22H35N3O3.C19H32IN3O3/c1-14(2)10-15-11-18(12-15)25-21(16-6-7-16)20(23-24-25)17(8-9-26)13-19(27)28-22(3,4)5;1-12(2)8-13-9-15(10-13)23-18(20)17(21-22-23)14(6-7-24)11-16(25)26-19(3,4)5/h9,14-18H,6-8,10-13H2,1-5H3;12-15,24H,6-11H2,1-5H3. The van der Waals surface area contributed by atoms with Crippen LogP contribution in [0.5, 0.6) is 0 Å². The Morgan fingerprint density at radius 1 is 0.796 bits per heavy atom. The van der Waals surface area contributed by atoms with Gasteiger partial charge in [-0.25, -0.2) is 9.36 Å². The molecule has 0 aliphatic heterocycles. The number of carbonyl (C=O) groups is 3. The van der Waals surface area contributed by atoms with Gasteiger partial charge in [-0.1, -0.05) is 38.1 Å². The highest BCUT2D eigenvalue weighted by Gasteiger charge is 2.40. The first-order chi connectivity index (χ1) is 25.3. The minimum atomic E-state index is -0.531. The summed E-state index contributed by atoms with van der Waals surface area (Å²) in [7, 11) is 0. The van der Waals surface area contributed by atoms with Crippen LogP contribution in [0.3, 0.4) is 0 Å². The Kier molecular flexibility index (Phi) is 15.7. The molecule has 0 radical (unpaired) electrons. The number of halogens is 1. The molecule has 5 rings (SSSR count). The Morgan fingerprint density at radius 2 is 1.26 bits per heavy atom. The number of aliphatic hydroxyl groups excluding tert-OH is 1. The summed E-state index contributed by atoms with van der Waals surface area (Å²) in [6, 6.07) is 0.821. The molecule has 3 fully saturated rings. The lowest BCUT2D eigenvalue weighted by Gasteiger charge is -2.37. The van der Waals surface area contributed by atoms with E-state index in [2.05, 4.69) is 75.6 Å². The summed E-state index contributed by atoms with van der Waals surface area (Å²) in [6.07, 6.45) is 11.5. The van der Waals surface area contributed by atoms with Gasteiger partial charge < -0.3 is 19.4 Å². The number of aromatic nitrogens is 6. The van der Waals surface area contributed by atoms with E-state index in [0.717, 1.165) is 83.6 Å². The van der Waals surface area contributed by atoms with Crippen molar-refractivity contribution in [3.63, 3.8) is 0 Å². The number of hydrogen-bond donors (Lipinski definition) is 1. The Bertz CT molecular complexity index is 1530. The first-order valence-corrected chi connectivity index (χ1v) is 21.4. The van der Waals surface area contributed by atoms with Gasteiger partial charge in [-0.15, -0.1) is 10.2 Å². The molecule has 1 N–H and O–H groups in total. The first kappa shape index (κ1) is 44.3. The van der Waals surface area contributed by atoms with Crippen LogP contribution in [0.4, 0.5) is 0 Å². The number of hydrogen-bond acceptors (Lipinski definition) is 10. The van der Waals surface area contributed by atoms with Gasteiger partial charge in [0.1, 0.15) is 21.2 Å².